The van der Waals surface area contributed by atoms with Gasteiger partial charge in [0.05, 0.1) is 7.11 Å². The number of carbonyl (C=O) groups is 2. The average molecular weight is 465 g/mol. The maximum atomic E-state index is 13.7. The molecular formula is C23H17F2N5O4. The lowest BCUT2D eigenvalue weighted by atomic mass is 10.2. The SMILES string of the molecule is COC(=O)c1c(C#N)c(OC(=O)N(C)Cc2ccccc2)n2[nH]c(-c3cc(F)cc(F)c3)nc12. The number of ether oxygens (including phenoxy) is 2. The number of aromatic amines is 1. The number of hydrogen-bond acceptors (Lipinski definition) is 6. The number of H-pyrrole nitrogens is 1. The van der Waals surface area contributed by atoms with Crippen molar-refractivity contribution in [2.45, 2.75) is 6.54 Å². The van der Waals surface area contributed by atoms with Crippen LogP contribution < -0.4 is 4.74 Å². The maximum Gasteiger partial charge on any atom is 0.416 e. The molecule has 2 aromatic carbocycles. The molecule has 0 bridgehead atoms. The van der Waals surface area contributed by atoms with Gasteiger partial charge in [-0.1, -0.05) is 30.3 Å². The molecule has 2 aromatic heterocycles. The summed E-state index contributed by atoms with van der Waals surface area (Å²) in [5.74, 6) is -2.93. The lowest BCUT2D eigenvalue weighted by molar-refractivity contribution is 0.0602. The Morgan fingerprint density at radius 1 is 1.18 bits per heavy atom. The number of benzene rings is 2. The highest BCUT2D eigenvalue weighted by molar-refractivity contribution is 6.00. The fourth-order valence-electron chi connectivity index (χ4n) is 3.38. The Hall–Kier alpha value is -4.72. The lowest BCUT2D eigenvalue weighted by Gasteiger charge is -2.16. The quantitative estimate of drug-likeness (QED) is 0.448. The summed E-state index contributed by atoms with van der Waals surface area (Å²) in [6.07, 6.45) is -0.816. The highest BCUT2D eigenvalue weighted by atomic mass is 19.1. The van der Waals surface area contributed by atoms with Gasteiger partial charge < -0.3 is 14.4 Å². The molecule has 0 aliphatic rings. The number of aromatic nitrogens is 3. The van der Waals surface area contributed by atoms with Gasteiger partial charge in [0, 0.05) is 25.2 Å². The lowest BCUT2D eigenvalue weighted by Crippen LogP contribution is -2.29. The highest BCUT2D eigenvalue weighted by Gasteiger charge is 2.30. The zero-order chi connectivity index (χ0) is 24.4. The second kappa shape index (κ2) is 9.03. The Morgan fingerprint density at radius 2 is 1.85 bits per heavy atom. The van der Waals surface area contributed by atoms with Crippen LogP contribution >= 0.6 is 0 Å². The Balaban J connectivity index is 1.78. The summed E-state index contributed by atoms with van der Waals surface area (Å²) in [5, 5.41) is 12.4. The first kappa shape index (κ1) is 22.5. The van der Waals surface area contributed by atoms with Gasteiger partial charge in [-0.2, -0.15) is 5.26 Å². The highest BCUT2D eigenvalue weighted by Crippen LogP contribution is 2.31. The molecule has 0 fully saturated rings. The molecule has 34 heavy (non-hydrogen) atoms. The van der Waals surface area contributed by atoms with Crippen molar-refractivity contribution in [2.24, 2.45) is 0 Å². The molecule has 0 aliphatic carbocycles. The second-order valence-electron chi connectivity index (χ2n) is 7.26. The van der Waals surface area contributed by atoms with Crippen LogP contribution in [0.25, 0.3) is 17.0 Å². The number of halogens is 2. The van der Waals surface area contributed by atoms with Crippen molar-refractivity contribution in [3.05, 3.63) is 76.9 Å². The van der Waals surface area contributed by atoms with Gasteiger partial charge in [0.2, 0.25) is 5.88 Å². The van der Waals surface area contributed by atoms with Crippen LogP contribution in [0.5, 0.6) is 5.88 Å². The fraction of sp³-hybridized carbons (Fsp3) is 0.130. The minimum atomic E-state index is -0.905. The topological polar surface area (TPSA) is 113 Å². The largest absolute Gasteiger partial charge is 0.465 e. The summed E-state index contributed by atoms with van der Waals surface area (Å²) >= 11 is 0. The van der Waals surface area contributed by atoms with Gasteiger partial charge in [0.25, 0.3) is 0 Å². The minimum Gasteiger partial charge on any atom is -0.465 e. The Bertz CT molecular complexity index is 1420. The van der Waals surface area contributed by atoms with Gasteiger partial charge in [0.1, 0.15) is 28.8 Å². The van der Waals surface area contributed by atoms with Crippen molar-refractivity contribution >= 4 is 17.7 Å². The van der Waals surface area contributed by atoms with E-state index in [2.05, 4.69) is 10.1 Å². The second-order valence-corrected chi connectivity index (χ2v) is 7.26. The molecule has 0 unspecified atom stereocenters. The van der Waals surface area contributed by atoms with Gasteiger partial charge in [-0.3, -0.25) is 5.10 Å². The number of rotatable bonds is 5. The first-order valence-electron chi connectivity index (χ1n) is 9.88. The molecule has 0 spiro atoms. The number of carbonyl (C=O) groups excluding carboxylic acids is 2. The van der Waals surface area contributed by atoms with E-state index in [0.717, 1.165) is 29.3 Å². The molecule has 0 radical (unpaired) electrons. The summed E-state index contributed by atoms with van der Waals surface area (Å²) in [7, 11) is 2.61. The predicted molar refractivity (Wildman–Crippen MR) is 115 cm³/mol. The number of hydrogen-bond donors (Lipinski definition) is 1. The van der Waals surface area contributed by atoms with E-state index in [4.69, 9.17) is 9.47 Å². The molecule has 2 heterocycles. The molecule has 1 N–H and O–H groups in total. The Labute approximate surface area is 191 Å². The number of nitrogens with one attached hydrogen (secondary N) is 1. The molecule has 0 saturated carbocycles. The number of amides is 1. The minimum absolute atomic E-state index is 0.0296. The molecule has 1 amide bonds. The molecule has 11 heteroatoms. The molecule has 9 nitrogen and oxygen atoms in total. The van der Waals surface area contributed by atoms with Gasteiger partial charge in [0.15, 0.2) is 11.5 Å². The standard InChI is InChI=1S/C23H17F2N5O4/c1-29(12-13-6-4-3-5-7-13)23(32)34-21-17(11-26)18(22(31)33-2)20-27-19(28-30(20)21)14-8-15(24)10-16(25)9-14/h3-10H,12H2,1-2H3,(H,27,28). The maximum absolute atomic E-state index is 13.7. The van der Waals surface area contributed by atoms with Gasteiger partial charge in [-0.25, -0.2) is 27.9 Å². The van der Waals surface area contributed by atoms with Gasteiger partial charge >= 0.3 is 12.1 Å². The third-order valence-corrected chi connectivity index (χ3v) is 4.93. The normalized spacial score (nSPS) is 10.7. The number of esters is 1. The van der Waals surface area contributed by atoms with Crippen LogP contribution in [0.1, 0.15) is 21.5 Å². The first-order valence-corrected chi connectivity index (χ1v) is 9.88. The molecular weight excluding hydrogens is 448 g/mol. The van der Waals surface area contributed by atoms with Crippen LogP contribution in [0, 0.1) is 23.0 Å². The van der Waals surface area contributed by atoms with Crippen LogP contribution in [0.2, 0.25) is 0 Å². The molecule has 4 rings (SSSR count). The third kappa shape index (κ3) is 4.16. The summed E-state index contributed by atoms with van der Waals surface area (Å²) in [6, 6.07) is 13.7. The summed E-state index contributed by atoms with van der Waals surface area (Å²) in [5.41, 5.74) is 0.211. The van der Waals surface area contributed by atoms with E-state index >= 15 is 0 Å². The summed E-state index contributed by atoms with van der Waals surface area (Å²) in [6.45, 7) is 0.219. The smallest absolute Gasteiger partial charge is 0.416 e. The molecule has 0 atom stereocenters. The van der Waals surface area contributed by atoms with Gasteiger partial charge in [-0.15, -0.1) is 0 Å². The van der Waals surface area contributed by atoms with E-state index in [0.29, 0.717) is 6.07 Å². The van der Waals surface area contributed by atoms with Crippen molar-refractivity contribution in [2.75, 3.05) is 14.2 Å². The van der Waals surface area contributed by atoms with Crippen LogP contribution in [-0.4, -0.2) is 45.7 Å². The van der Waals surface area contributed by atoms with E-state index in [1.165, 1.54) is 11.9 Å². The van der Waals surface area contributed by atoms with Gasteiger partial charge in [-0.05, 0) is 17.7 Å². The van der Waals surface area contributed by atoms with Crippen molar-refractivity contribution in [1.29, 1.82) is 5.26 Å². The summed E-state index contributed by atoms with van der Waals surface area (Å²) < 4.78 is 38.7. The fourth-order valence-corrected chi connectivity index (χ4v) is 3.38. The Kier molecular flexibility index (Phi) is 5.97. The molecule has 0 saturated heterocycles. The Morgan fingerprint density at radius 3 is 2.47 bits per heavy atom. The number of nitriles is 1. The molecule has 172 valence electrons. The summed E-state index contributed by atoms with van der Waals surface area (Å²) in [4.78, 5) is 30.7. The first-order chi connectivity index (χ1) is 16.3. The van der Waals surface area contributed by atoms with E-state index in [1.54, 1.807) is 0 Å². The predicted octanol–water partition coefficient (Wildman–Crippen LogP) is 3.90. The molecule has 0 aliphatic heterocycles. The van der Waals surface area contributed by atoms with Crippen LogP contribution in [0.4, 0.5) is 13.6 Å². The zero-order valence-corrected chi connectivity index (χ0v) is 18.0. The van der Waals surface area contributed by atoms with Crippen molar-refractivity contribution in [1.82, 2.24) is 19.5 Å². The van der Waals surface area contributed by atoms with Crippen LogP contribution in [-0.2, 0) is 11.3 Å². The van der Waals surface area contributed by atoms with Crippen molar-refractivity contribution in [3.63, 3.8) is 0 Å². The van der Waals surface area contributed by atoms with E-state index in [1.807, 2.05) is 36.4 Å². The van der Waals surface area contributed by atoms with E-state index in [-0.39, 0.29) is 40.6 Å². The number of nitrogens with zero attached hydrogens (tertiary/aromatic N) is 4. The third-order valence-electron chi connectivity index (χ3n) is 4.93. The van der Waals surface area contributed by atoms with Crippen LogP contribution in [0.15, 0.2) is 48.5 Å². The number of fused-ring (bicyclic) bond motifs is 1. The van der Waals surface area contributed by atoms with Crippen molar-refractivity contribution in [3.8, 4) is 23.3 Å². The van der Waals surface area contributed by atoms with Crippen molar-refractivity contribution < 1.29 is 27.8 Å². The van der Waals surface area contributed by atoms with E-state index in [9.17, 15) is 23.6 Å². The van der Waals surface area contributed by atoms with E-state index < -0.39 is 23.7 Å². The number of methoxy groups -OCH3 is 1. The monoisotopic (exact) mass is 465 g/mol. The zero-order valence-electron chi connectivity index (χ0n) is 18.0. The average Bonchev–Trinajstić information content (AvgIpc) is 3.36. The molecule has 4 aromatic rings. The van der Waals surface area contributed by atoms with Crippen LogP contribution in [0.3, 0.4) is 0 Å².